The van der Waals surface area contributed by atoms with Gasteiger partial charge in [-0.25, -0.2) is 5.01 Å². The smallest absolute Gasteiger partial charge is 0.0309 e. The molecule has 0 saturated carbocycles. The molecule has 0 aromatic rings. The molecule has 0 aliphatic carbocycles. The van der Waals surface area contributed by atoms with Crippen molar-refractivity contribution in [3.8, 4) is 0 Å². The number of rotatable bonds is 2. The molecule has 96 valence electrons. The summed E-state index contributed by atoms with van der Waals surface area (Å²) >= 11 is 0. The average molecular weight is 226 g/mol. The lowest BCUT2D eigenvalue weighted by molar-refractivity contribution is 0.144. The number of nitrogens with zero attached hydrogens (tertiary/aromatic N) is 1. The summed E-state index contributed by atoms with van der Waals surface area (Å²) < 4.78 is 0. The molecule has 2 heteroatoms. The van der Waals surface area contributed by atoms with Crippen molar-refractivity contribution in [1.29, 1.82) is 0 Å². The van der Waals surface area contributed by atoms with Gasteiger partial charge in [-0.3, -0.25) is 5.43 Å². The van der Waals surface area contributed by atoms with Crippen molar-refractivity contribution in [3.63, 3.8) is 0 Å². The van der Waals surface area contributed by atoms with Crippen molar-refractivity contribution in [2.24, 2.45) is 16.7 Å². The van der Waals surface area contributed by atoms with Crippen LogP contribution >= 0.6 is 0 Å². The van der Waals surface area contributed by atoms with Crippen LogP contribution in [0.1, 0.15) is 54.9 Å². The van der Waals surface area contributed by atoms with Crippen LogP contribution < -0.4 is 5.43 Å². The molecular formula is C14H30N2. The van der Waals surface area contributed by atoms with Gasteiger partial charge in [0, 0.05) is 19.1 Å². The van der Waals surface area contributed by atoms with Crippen LogP contribution in [-0.2, 0) is 0 Å². The monoisotopic (exact) mass is 226 g/mol. The molecule has 16 heavy (non-hydrogen) atoms. The van der Waals surface area contributed by atoms with E-state index in [1.54, 1.807) is 0 Å². The molecule has 0 bridgehead atoms. The Hall–Kier alpha value is -0.0800. The summed E-state index contributed by atoms with van der Waals surface area (Å²) in [5.74, 6) is 0.735. The second kappa shape index (κ2) is 4.66. The Morgan fingerprint density at radius 3 is 1.94 bits per heavy atom. The fourth-order valence-corrected chi connectivity index (χ4v) is 2.68. The number of hydrogen-bond acceptors (Lipinski definition) is 2. The van der Waals surface area contributed by atoms with Crippen LogP contribution in [0, 0.1) is 16.7 Å². The van der Waals surface area contributed by atoms with Crippen molar-refractivity contribution in [3.05, 3.63) is 0 Å². The van der Waals surface area contributed by atoms with Crippen LogP contribution in [0.15, 0.2) is 0 Å². The standard InChI is InChI=1S/C14H30N2/c1-8-9-16-10-11(13(2,3)4)12(15-16)14(5,6)7/h11-12,15H,8-10H2,1-7H3. The molecule has 1 heterocycles. The Morgan fingerprint density at radius 2 is 1.62 bits per heavy atom. The van der Waals surface area contributed by atoms with Crippen LogP contribution in [0.5, 0.6) is 0 Å². The van der Waals surface area contributed by atoms with Gasteiger partial charge in [0.1, 0.15) is 0 Å². The largest absolute Gasteiger partial charge is 0.251 e. The van der Waals surface area contributed by atoms with E-state index in [0.29, 0.717) is 16.9 Å². The molecule has 1 N–H and O–H groups in total. The van der Waals surface area contributed by atoms with E-state index >= 15 is 0 Å². The zero-order valence-corrected chi connectivity index (χ0v) is 12.2. The van der Waals surface area contributed by atoms with Gasteiger partial charge in [0.15, 0.2) is 0 Å². The van der Waals surface area contributed by atoms with Crippen LogP contribution in [0.2, 0.25) is 0 Å². The summed E-state index contributed by atoms with van der Waals surface area (Å²) in [5.41, 5.74) is 4.44. The maximum atomic E-state index is 3.72. The lowest BCUT2D eigenvalue weighted by atomic mass is 9.69. The first-order chi connectivity index (χ1) is 7.16. The molecule has 0 amide bonds. The highest BCUT2D eigenvalue weighted by molar-refractivity contribution is 4.96. The zero-order valence-electron chi connectivity index (χ0n) is 12.2. The molecular weight excluding hydrogens is 196 g/mol. The summed E-state index contributed by atoms with van der Waals surface area (Å²) in [7, 11) is 0. The minimum atomic E-state index is 0.334. The van der Waals surface area contributed by atoms with Gasteiger partial charge in [0.2, 0.25) is 0 Å². The highest BCUT2D eigenvalue weighted by Gasteiger charge is 2.44. The van der Waals surface area contributed by atoms with Gasteiger partial charge in [-0.15, -0.1) is 0 Å². The molecule has 0 radical (unpaired) electrons. The molecule has 1 fully saturated rings. The van der Waals surface area contributed by atoms with E-state index in [9.17, 15) is 0 Å². The Kier molecular flexibility index (Phi) is 4.07. The highest BCUT2D eigenvalue weighted by atomic mass is 15.5. The van der Waals surface area contributed by atoms with E-state index < -0.39 is 0 Å². The Labute approximate surface area is 102 Å². The third-order valence-corrected chi connectivity index (χ3v) is 3.68. The Morgan fingerprint density at radius 1 is 1.06 bits per heavy atom. The van der Waals surface area contributed by atoms with Gasteiger partial charge < -0.3 is 0 Å². The molecule has 1 aliphatic heterocycles. The highest BCUT2D eigenvalue weighted by Crippen LogP contribution is 2.39. The molecule has 2 atom stereocenters. The maximum absolute atomic E-state index is 3.72. The van der Waals surface area contributed by atoms with Crippen molar-refractivity contribution in [2.45, 2.75) is 60.9 Å². The van der Waals surface area contributed by atoms with E-state index in [1.807, 2.05) is 0 Å². The van der Waals surface area contributed by atoms with Gasteiger partial charge in [-0.1, -0.05) is 48.5 Å². The maximum Gasteiger partial charge on any atom is 0.0309 e. The molecule has 1 saturated heterocycles. The fraction of sp³-hybridized carbons (Fsp3) is 1.00. The minimum Gasteiger partial charge on any atom is -0.251 e. The summed E-state index contributed by atoms with van der Waals surface area (Å²) in [5, 5.41) is 2.42. The molecule has 2 nitrogen and oxygen atoms in total. The predicted octanol–water partition coefficient (Wildman–Crippen LogP) is 3.29. The SMILES string of the molecule is CCCN1CC(C(C)(C)C)C(C(C)(C)C)N1. The average Bonchev–Trinajstić information content (AvgIpc) is 2.47. The second-order valence-corrected chi connectivity index (χ2v) is 7.39. The topological polar surface area (TPSA) is 15.3 Å². The summed E-state index contributed by atoms with van der Waals surface area (Å²) in [6, 6.07) is 0.596. The first-order valence-electron chi connectivity index (χ1n) is 6.67. The predicted molar refractivity (Wildman–Crippen MR) is 71.2 cm³/mol. The Balaban J connectivity index is 2.80. The van der Waals surface area contributed by atoms with Gasteiger partial charge >= 0.3 is 0 Å². The van der Waals surface area contributed by atoms with Crippen LogP contribution in [0.4, 0.5) is 0 Å². The molecule has 1 rings (SSSR count). The van der Waals surface area contributed by atoms with Crippen LogP contribution in [0.3, 0.4) is 0 Å². The summed E-state index contributed by atoms with van der Waals surface area (Å²) in [4.78, 5) is 0. The zero-order chi connectivity index (χ0) is 12.6. The molecule has 2 unspecified atom stereocenters. The van der Waals surface area contributed by atoms with E-state index in [0.717, 1.165) is 5.92 Å². The first-order valence-corrected chi connectivity index (χ1v) is 6.67. The van der Waals surface area contributed by atoms with E-state index in [2.05, 4.69) is 58.9 Å². The number of nitrogens with one attached hydrogen (secondary N) is 1. The second-order valence-electron chi connectivity index (χ2n) is 7.39. The van der Waals surface area contributed by atoms with E-state index in [4.69, 9.17) is 0 Å². The first kappa shape index (κ1) is 14.0. The third kappa shape index (κ3) is 3.21. The molecule has 0 aromatic carbocycles. The normalized spacial score (nSPS) is 28.7. The molecule has 0 spiro atoms. The number of hydrogen-bond donors (Lipinski definition) is 1. The van der Waals surface area contributed by atoms with Crippen molar-refractivity contribution < 1.29 is 0 Å². The van der Waals surface area contributed by atoms with Crippen LogP contribution in [-0.4, -0.2) is 24.1 Å². The summed E-state index contributed by atoms with van der Waals surface area (Å²) in [6.07, 6.45) is 1.22. The lowest BCUT2D eigenvalue weighted by Gasteiger charge is -2.38. The minimum absolute atomic E-state index is 0.334. The molecule has 1 aliphatic rings. The third-order valence-electron chi connectivity index (χ3n) is 3.68. The molecule has 0 aromatic heterocycles. The van der Waals surface area contributed by atoms with Crippen molar-refractivity contribution in [2.75, 3.05) is 13.1 Å². The van der Waals surface area contributed by atoms with Crippen LogP contribution in [0.25, 0.3) is 0 Å². The van der Waals surface area contributed by atoms with Gasteiger partial charge in [-0.05, 0) is 23.2 Å². The lowest BCUT2D eigenvalue weighted by Crippen LogP contribution is -2.46. The number of hydrazine groups is 1. The Bertz CT molecular complexity index is 200. The van der Waals surface area contributed by atoms with E-state index in [-0.39, 0.29) is 0 Å². The van der Waals surface area contributed by atoms with Crippen molar-refractivity contribution >= 4 is 0 Å². The van der Waals surface area contributed by atoms with Gasteiger partial charge in [0.05, 0.1) is 0 Å². The quantitative estimate of drug-likeness (QED) is 0.777. The van der Waals surface area contributed by atoms with E-state index in [1.165, 1.54) is 19.5 Å². The van der Waals surface area contributed by atoms with Crippen molar-refractivity contribution in [1.82, 2.24) is 10.4 Å². The fourth-order valence-electron chi connectivity index (χ4n) is 2.68. The van der Waals surface area contributed by atoms with Gasteiger partial charge in [-0.2, -0.15) is 0 Å². The summed E-state index contributed by atoms with van der Waals surface area (Å²) in [6.45, 7) is 18.8. The van der Waals surface area contributed by atoms with Gasteiger partial charge in [0.25, 0.3) is 0 Å².